The fourth-order valence-corrected chi connectivity index (χ4v) is 4.39. The molecule has 1 aliphatic rings. The van der Waals surface area contributed by atoms with Crippen molar-refractivity contribution in [2.45, 2.75) is 68.3 Å². The van der Waals surface area contributed by atoms with Gasteiger partial charge in [-0.15, -0.1) is 10.2 Å². The molecule has 3 rings (SSSR count). The first kappa shape index (κ1) is 17.9. The molecule has 1 heterocycles. The number of benzene rings is 1. The second-order valence-electron chi connectivity index (χ2n) is 6.84. The minimum atomic E-state index is -3.64. The van der Waals surface area contributed by atoms with Crippen molar-refractivity contribution >= 4 is 15.7 Å². The van der Waals surface area contributed by atoms with Gasteiger partial charge in [0.25, 0.3) is 0 Å². The first-order chi connectivity index (χ1) is 12.0. The Morgan fingerprint density at radius 1 is 0.920 bits per heavy atom. The Balaban J connectivity index is 1.77. The molecule has 1 aromatic heterocycles. The number of aryl methyl sites for hydroxylation is 2. The number of hydrogen-bond acceptors (Lipinski definition) is 5. The summed E-state index contributed by atoms with van der Waals surface area (Å²) in [6.07, 6.45) is 7.29. The molecule has 0 atom stereocenters. The molecule has 2 aromatic rings. The normalized spacial score (nSPS) is 16.4. The molecule has 0 unspecified atom stereocenters. The van der Waals surface area contributed by atoms with Gasteiger partial charge >= 0.3 is 0 Å². The Bertz CT molecular complexity index is 824. The summed E-state index contributed by atoms with van der Waals surface area (Å²) in [7, 11) is -3.64. The first-order valence-electron chi connectivity index (χ1n) is 8.89. The van der Waals surface area contributed by atoms with Gasteiger partial charge in [-0.1, -0.05) is 31.7 Å². The minimum Gasteiger partial charge on any atom is -0.366 e. The summed E-state index contributed by atoms with van der Waals surface area (Å²) in [6, 6.07) is 8.78. The van der Waals surface area contributed by atoms with Crippen LogP contribution in [0.3, 0.4) is 0 Å². The lowest BCUT2D eigenvalue weighted by Crippen LogP contribution is -2.19. The molecule has 1 aromatic carbocycles. The maximum Gasteiger partial charge on any atom is 0.225 e. The van der Waals surface area contributed by atoms with Gasteiger partial charge in [0, 0.05) is 6.04 Å². The number of rotatable bonds is 4. The third-order valence-corrected chi connectivity index (χ3v) is 6.55. The monoisotopic (exact) mass is 359 g/mol. The van der Waals surface area contributed by atoms with E-state index in [2.05, 4.69) is 15.5 Å². The van der Waals surface area contributed by atoms with Crippen LogP contribution in [0.4, 0.5) is 5.82 Å². The number of anilines is 1. The highest BCUT2D eigenvalue weighted by atomic mass is 32.2. The number of hydrogen-bond donors (Lipinski definition) is 1. The van der Waals surface area contributed by atoms with Crippen LogP contribution in [0.5, 0.6) is 0 Å². The second-order valence-corrected chi connectivity index (χ2v) is 8.74. The van der Waals surface area contributed by atoms with Crippen LogP contribution in [0, 0.1) is 13.8 Å². The van der Waals surface area contributed by atoms with Crippen LogP contribution in [0.2, 0.25) is 0 Å². The van der Waals surface area contributed by atoms with E-state index in [-0.39, 0.29) is 9.92 Å². The van der Waals surface area contributed by atoms with E-state index >= 15 is 0 Å². The maximum absolute atomic E-state index is 12.7. The fourth-order valence-electron chi connectivity index (χ4n) is 3.17. The fraction of sp³-hybridized carbons (Fsp3) is 0.474. The number of nitrogens with zero attached hydrogens (tertiary/aromatic N) is 2. The van der Waals surface area contributed by atoms with Gasteiger partial charge < -0.3 is 5.32 Å². The van der Waals surface area contributed by atoms with Gasteiger partial charge in [-0.2, -0.15) is 0 Å². The Hall–Kier alpha value is -1.95. The van der Waals surface area contributed by atoms with Crippen LogP contribution in [0.15, 0.2) is 40.3 Å². The van der Waals surface area contributed by atoms with E-state index in [4.69, 9.17) is 0 Å². The van der Waals surface area contributed by atoms with E-state index in [0.717, 1.165) is 24.0 Å². The van der Waals surface area contributed by atoms with Crippen LogP contribution in [0.25, 0.3) is 0 Å². The molecule has 0 amide bonds. The molecule has 0 spiro atoms. The molecule has 25 heavy (non-hydrogen) atoms. The van der Waals surface area contributed by atoms with Crippen LogP contribution < -0.4 is 5.32 Å². The van der Waals surface area contributed by atoms with Gasteiger partial charge in [0.15, 0.2) is 5.03 Å². The highest BCUT2D eigenvalue weighted by Crippen LogP contribution is 2.23. The smallest absolute Gasteiger partial charge is 0.225 e. The third-order valence-electron chi connectivity index (χ3n) is 4.91. The van der Waals surface area contributed by atoms with Gasteiger partial charge in [-0.05, 0) is 62.1 Å². The Morgan fingerprint density at radius 3 is 2.24 bits per heavy atom. The maximum atomic E-state index is 12.7. The van der Waals surface area contributed by atoms with Crippen molar-refractivity contribution in [2.24, 2.45) is 0 Å². The summed E-state index contributed by atoms with van der Waals surface area (Å²) in [5, 5.41) is 11.4. The van der Waals surface area contributed by atoms with Gasteiger partial charge in [0.05, 0.1) is 4.90 Å². The van der Waals surface area contributed by atoms with Crippen molar-refractivity contribution in [1.82, 2.24) is 10.2 Å². The SMILES string of the molecule is Cc1ccc(S(=O)(=O)c2ccc(NC3CCCCCC3)nn2)cc1C. The first-order valence-corrected chi connectivity index (χ1v) is 10.4. The molecular weight excluding hydrogens is 334 g/mol. The van der Waals surface area contributed by atoms with Gasteiger partial charge in [0.2, 0.25) is 9.84 Å². The molecule has 0 saturated heterocycles. The lowest BCUT2D eigenvalue weighted by Gasteiger charge is -2.16. The molecule has 1 N–H and O–H groups in total. The van der Waals surface area contributed by atoms with Gasteiger partial charge in [-0.3, -0.25) is 0 Å². The zero-order chi connectivity index (χ0) is 17.9. The molecule has 0 aliphatic heterocycles. The average molecular weight is 359 g/mol. The van der Waals surface area contributed by atoms with Gasteiger partial charge in [0.1, 0.15) is 5.82 Å². The third kappa shape index (κ3) is 4.18. The van der Waals surface area contributed by atoms with Crippen LogP contribution in [-0.2, 0) is 9.84 Å². The summed E-state index contributed by atoms with van der Waals surface area (Å²) in [5.41, 5.74) is 2.01. The van der Waals surface area contributed by atoms with Crippen molar-refractivity contribution in [3.05, 3.63) is 41.5 Å². The van der Waals surface area contributed by atoms with Crippen molar-refractivity contribution in [3.63, 3.8) is 0 Å². The van der Waals surface area contributed by atoms with E-state index in [9.17, 15) is 8.42 Å². The van der Waals surface area contributed by atoms with E-state index in [1.165, 1.54) is 31.7 Å². The van der Waals surface area contributed by atoms with Crippen molar-refractivity contribution in [3.8, 4) is 0 Å². The molecule has 1 fully saturated rings. The number of aromatic nitrogens is 2. The number of sulfone groups is 1. The molecule has 0 bridgehead atoms. The summed E-state index contributed by atoms with van der Waals surface area (Å²) in [4.78, 5) is 0.259. The summed E-state index contributed by atoms with van der Waals surface area (Å²) < 4.78 is 25.4. The van der Waals surface area contributed by atoms with Crippen LogP contribution >= 0.6 is 0 Å². The molecule has 5 nitrogen and oxygen atoms in total. The summed E-state index contributed by atoms with van der Waals surface area (Å²) in [5.74, 6) is 0.644. The van der Waals surface area contributed by atoms with E-state index in [1.807, 2.05) is 19.9 Å². The Morgan fingerprint density at radius 2 is 1.64 bits per heavy atom. The molecule has 1 saturated carbocycles. The largest absolute Gasteiger partial charge is 0.366 e. The Labute approximate surface area is 149 Å². The highest BCUT2D eigenvalue weighted by molar-refractivity contribution is 7.91. The van der Waals surface area contributed by atoms with Crippen molar-refractivity contribution in [1.29, 1.82) is 0 Å². The summed E-state index contributed by atoms with van der Waals surface area (Å²) >= 11 is 0. The molecule has 6 heteroatoms. The number of nitrogens with one attached hydrogen (secondary N) is 1. The molecular formula is C19H25N3O2S. The Kier molecular flexibility index (Phi) is 5.37. The summed E-state index contributed by atoms with van der Waals surface area (Å²) in [6.45, 7) is 3.86. The molecule has 0 radical (unpaired) electrons. The van der Waals surface area contributed by atoms with E-state index < -0.39 is 9.84 Å². The zero-order valence-corrected chi connectivity index (χ0v) is 15.6. The standard InChI is InChI=1S/C19H25N3O2S/c1-14-9-10-17(13-15(14)2)25(23,24)19-12-11-18(21-22-19)20-16-7-5-3-4-6-8-16/h9-13,16H,3-8H2,1-2H3,(H,20,21). The minimum absolute atomic E-state index is 0.0119. The van der Waals surface area contributed by atoms with Crippen LogP contribution in [-0.4, -0.2) is 24.7 Å². The predicted molar refractivity (Wildman–Crippen MR) is 98.5 cm³/mol. The lowest BCUT2D eigenvalue weighted by atomic mass is 10.1. The topological polar surface area (TPSA) is 72.0 Å². The highest BCUT2D eigenvalue weighted by Gasteiger charge is 2.21. The van der Waals surface area contributed by atoms with Crippen molar-refractivity contribution < 1.29 is 8.42 Å². The quantitative estimate of drug-likeness (QED) is 0.834. The molecule has 134 valence electrons. The lowest BCUT2D eigenvalue weighted by molar-refractivity contribution is 0.589. The van der Waals surface area contributed by atoms with E-state index in [0.29, 0.717) is 11.9 Å². The van der Waals surface area contributed by atoms with E-state index in [1.54, 1.807) is 18.2 Å². The molecule has 1 aliphatic carbocycles. The van der Waals surface area contributed by atoms with Crippen molar-refractivity contribution in [2.75, 3.05) is 5.32 Å². The predicted octanol–water partition coefficient (Wildman–Crippen LogP) is 4.06. The zero-order valence-electron chi connectivity index (χ0n) is 14.8. The van der Waals surface area contributed by atoms with Crippen LogP contribution in [0.1, 0.15) is 49.7 Å². The second kappa shape index (κ2) is 7.52. The van der Waals surface area contributed by atoms with Gasteiger partial charge in [-0.25, -0.2) is 8.42 Å². The average Bonchev–Trinajstić information content (AvgIpc) is 2.86.